The fourth-order valence-electron chi connectivity index (χ4n) is 2.48. The van der Waals surface area contributed by atoms with Crippen molar-refractivity contribution in [2.24, 2.45) is 0 Å². The molecular formula is C18H19BrF2N2O5S. The lowest BCUT2D eigenvalue weighted by Gasteiger charge is -2.20. The maximum absolute atomic E-state index is 13.4. The highest BCUT2D eigenvalue weighted by molar-refractivity contribution is 9.10. The van der Waals surface area contributed by atoms with Gasteiger partial charge >= 0.3 is 0 Å². The number of nitrogens with one attached hydrogen (secondary N) is 2. The normalized spacial score (nSPS) is 12.5. The summed E-state index contributed by atoms with van der Waals surface area (Å²) in [5.41, 5.74) is -0.0373. The fraction of sp³-hybridized carbons (Fsp3) is 0.278. The molecule has 2 aromatic carbocycles. The highest BCUT2D eigenvalue weighted by Crippen LogP contribution is 2.38. The van der Waals surface area contributed by atoms with E-state index in [9.17, 15) is 27.1 Å². The van der Waals surface area contributed by atoms with Crippen molar-refractivity contribution < 1.29 is 31.8 Å². The number of benzene rings is 2. The predicted octanol–water partition coefficient (Wildman–Crippen LogP) is 2.64. The van der Waals surface area contributed by atoms with Crippen molar-refractivity contribution in [3.8, 4) is 11.5 Å². The largest absolute Gasteiger partial charge is 0.456 e. The molecule has 2 aromatic rings. The molecular weight excluding hydrogens is 474 g/mol. The molecule has 0 saturated carbocycles. The minimum Gasteiger partial charge on any atom is -0.456 e. The highest BCUT2D eigenvalue weighted by Gasteiger charge is 2.25. The summed E-state index contributed by atoms with van der Waals surface area (Å²) in [4.78, 5) is 10.7. The minimum atomic E-state index is -3.72. The van der Waals surface area contributed by atoms with Crippen LogP contribution in [0, 0.1) is 11.6 Å². The topological polar surface area (TPSA) is 105 Å². The Hall–Kier alpha value is -2.08. The average molecular weight is 493 g/mol. The summed E-state index contributed by atoms with van der Waals surface area (Å²) >= 11 is 3.21. The second-order valence-electron chi connectivity index (χ2n) is 6.11. The Morgan fingerprint density at radius 2 is 1.83 bits per heavy atom. The first-order valence-electron chi connectivity index (χ1n) is 8.31. The van der Waals surface area contributed by atoms with Gasteiger partial charge in [0.25, 0.3) is 0 Å². The number of ether oxygens (including phenoxy) is 1. The second-order valence-corrected chi connectivity index (χ2v) is 8.89. The summed E-state index contributed by atoms with van der Waals surface area (Å²) in [6, 6.07) is 5.13. The summed E-state index contributed by atoms with van der Waals surface area (Å²) in [6.45, 7) is 1.69. The van der Waals surface area contributed by atoms with Gasteiger partial charge in [-0.3, -0.25) is 10.1 Å². The summed E-state index contributed by atoms with van der Waals surface area (Å²) in [7, 11) is -3.72. The van der Waals surface area contributed by atoms with E-state index < -0.39 is 27.7 Å². The van der Waals surface area contributed by atoms with Gasteiger partial charge < -0.3 is 15.2 Å². The number of rotatable bonds is 8. The predicted molar refractivity (Wildman–Crippen MR) is 105 cm³/mol. The number of sulfone groups is 1. The van der Waals surface area contributed by atoms with Gasteiger partial charge in [-0.25, -0.2) is 17.2 Å². The molecule has 0 heterocycles. The quantitative estimate of drug-likeness (QED) is 0.386. The van der Waals surface area contributed by atoms with E-state index in [2.05, 4.69) is 26.6 Å². The van der Waals surface area contributed by atoms with Crippen molar-refractivity contribution in [3.63, 3.8) is 0 Å². The summed E-state index contributed by atoms with van der Waals surface area (Å²) in [5.74, 6) is -2.04. The Kier molecular flexibility index (Phi) is 7.69. The van der Waals surface area contributed by atoms with E-state index in [0.29, 0.717) is 6.07 Å². The third-order valence-electron chi connectivity index (χ3n) is 3.68. The zero-order valence-electron chi connectivity index (χ0n) is 15.5. The average Bonchev–Trinajstić information content (AvgIpc) is 2.58. The maximum atomic E-state index is 13.4. The molecule has 0 radical (unpaired) electrons. The van der Waals surface area contributed by atoms with Crippen molar-refractivity contribution in [1.29, 1.82) is 0 Å². The number of amides is 1. The number of halogens is 3. The van der Waals surface area contributed by atoms with Crippen molar-refractivity contribution in [2.45, 2.75) is 18.0 Å². The van der Waals surface area contributed by atoms with E-state index in [1.165, 1.54) is 19.1 Å². The van der Waals surface area contributed by atoms with Gasteiger partial charge in [-0.2, -0.15) is 0 Å². The van der Waals surface area contributed by atoms with E-state index in [4.69, 9.17) is 4.74 Å². The molecule has 1 unspecified atom stereocenters. The van der Waals surface area contributed by atoms with E-state index in [0.717, 1.165) is 18.4 Å². The van der Waals surface area contributed by atoms with Gasteiger partial charge in [-0.05, 0) is 28.1 Å². The molecule has 0 aliphatic heterocycles. The number of carbonyl (C=O) groups is 1. The Bertz CT molecular complexity index is 997. The van der Waals surface area contributed by atoms with Crippen LogP contribution in [0.4, 0.5) is 8.78 Å². The fourth-order valence-corrected chi connectivity index (χ4v) is 4.18. The third kappa shape index (κ3) is 6.46. The molecule has 29 heavy (non-hydrogen) atoms. The lowest BCUT2D eigenvalue weighted by atomic mass is 10.2. The molecule has 0 aliphatic rings. The smallest absolute Gasteiger partial charge is 0.216 e. The molecule has 0 spiro atoms. The van der Waals surface area contributed by atoms with E-state index in [1.54, 1.807) is 0 Å². The number of aliphatic hydroxyl groups excluding tert-OH is 1. The highest BCUT2D eigenvalue weighted by atomic mass is 79.9. The number of carbonyl (C=O) groups excluding carboxylic acids is 1. The summed E-state index contributed by atoms with van der Waals surface area (Å²) < 4.78 is 56.6. The van der Waals surface area contributed by atoms with Gasteiger partial charge in [0, 0.05) is 50.0 Å². The summed E-state index contributed by atoms with van der Waals surface area (Å²) in [6.07, 6.45) is -0.458. The van der Waals surface area contributed by atoms with Crippen LogP contribution in [-0.2, 0) is 14.6 Å². The van der Waals surface area contributed by atoms with E-state index in [1.807, 2.05) is 0 Å². The number of hydrogen-bond acceptors (Lipinski definition) is 6. The van der Waals surface area contributed by atoms with Gasteiger partial charge in [-0.1, -0.05) is 0 Å². The monoisotopic (exact) mass is 492 g/mol. The van der Waals surface area contributed by atoms with Crippen molar-refractivity contribution in [3.05, 3.63) is 52.0 Å². The molecule has 11 heteroatoms. The zero-order valence-corrected chi connectivity index (χ0v) is 17.9. The van der Waals surface area contributed by atoms with Crippen LogP contribution in [0.1, 0.15) is 18.7 Å². The first-order valence-corrected chi connectivity index (χ1v) is 11.0. The van der Waals surface area contributed by atoms with Gasteiger partial charge in [0.05, 0.1) is 9.37 Å². The van der Waals surface area contributed by atoms with Crippen LogP contribution in [-0.4, -0.2) is 38.8 Å². The minimum absolute atomic E-state index is 0.0373. The zero-order chi connectivity index (χ0) is 21.8. The Morgan fingerprint density at radius 1 is 1.21 bits per heavy atom. The van der Waals surface area contributed by atoms with Gasteiger partial charge in [0.2, 0.25) is 5.91 Å². The molecule has 1 atom stereocenters. The first-order chi connectivity index (χ1) is 13.5. The van der Waals surface area contributed by atoms with E-state index >= 15 is 0 Å². The molecule has 3 N–H and O–H groups in total. The molecule has 0 saturated heterocycles. The van der Waals surface area contributed by atoms with E-state index in [-0.39, 0.29) is 45.4 Å². The Labute approximate surface area is 175 Å². The molecule has 0 fully saturated rings. The molecule has 1 amide bonds. The lowest BCUT2D eigenvalue weighted by molar-refractivity contribution is -0.118. The van der Waals surface area contributed by atoms with Crippen LogP contribution in [0.5, 0.6) is 11.5 Å². The molecule has 2 rings (SSSR count). The lowest BCUT2D eigenvalue weighted by Crippen LogP contribution is -2.33. The van der Waals surface area contributed by atoms with Crippen molar-refractivity contribution >= 4 is 31.7 Å². The summed E-state index contributed by atoms with van der Waals surface area (Å²) in [5, 5.41) is 15.7. The molecule has 158 valence electrons. The van der Waals surface area contributed by atoms with Crippen LogP contribution < -0.4 is 15.4 Å². The van der Waals surface area contributed by atoms with Crippen molar-refractivity contribution in [1.82, 2.24) is 10.6 Å². The SMILES string of the molecule is CC(=O)NCCNC(O)c1c(S(C)(=O)=O)ccc(Oc2cc(F)cc(F)c2)c1Br. The standard InChI is InChI=1S/C18H19BrF2N2O5S/c1-10(24)22-5-6-23-18(25)16-15(29(2,26)27)4-3-14(17(16)19)28-13-8-11(20)7-12(21)9-13/h3-4,7-9,18,23,25H,5-6H2,1-2H3,(H,22,24). The van der Waals surface area contributed by atoms with Crippen LogP contribution in [0.3, 0.4) is 0 Å². The van der Waals surface area contributed by atoms with Gasteiger partial charge in [-0.15, -0.1) is 0 Å². The van der Waals surface area contributed by atoms with Crippen molar-refractivity contribution in [2.75, 3.05) is 19.3 Å². The number of hydrogen-bond donors (Lipinski definition) is 3. The van der Waals surface area contributed by atoms with Crippen LogP contribution >= 0.6 is 15.9 Å². The van der Waals surface area contributed by atoms with Crippen LogP contribution in [0.25, 0.3) is 0 Å². The Morgan fingerprint density at radius 3 is 2.38 bits per heavy atom. The molecule has 0 aromatic heterocycles. The first kappa shape index (κ1) is 23.2. The van der Waals surface area contributed by atoms with Gasteiger partial charge in [0.1, 0.15) is 29.4 Å². The molecule has 7 nitrogen and oxygen atoms in total. The van der Waals surface area contributed by atoms with Gasteiger partial charge in [0.15, 0.2) is 9.84 Å². The molecule has 0 aliphatic carbocycles. The second kappa shape index (κ2) is 9.61. The van der Waals surface area contributed by atoms with Crippen LogP contribution in [0.15, 0.2) is 39.7 Å². The molecule has 0 bridgehead atoms. The third-order valence-corrected chi connectivity index (χ3v) is 5.65. The van der Waals surface area contributed by atoms with Crippen LogP contribution in [0.2, 0.25) is 0 Å². The number of aliphatic hydroxyl groups is 1. The maximum Gasteiger partial charge on any atom is 0.216 e. The Balaban J connectivity index is 2.38.